The topological polar surface area (TPSA) is 30.3 Å². The first-order valence-electron chi connectivity index (χ1n) is 9.79. The summed E-state index contributed by atoms with van der Waals surface area (Å²) in [4.78, 5) is 2.36. The minimum Gasteiger partial charge on any atom is -0.381 e. The standard InChI is InChI=1S/C23H26FN3O/c1-17-5-3-8-22(13-17)27-16-19(15-26(2)21-9-11-28-12-10-21)23(25-27)18-6-4-7-20(24)14-18/h3-8,13-14,16,21H,9-12,15H2,1-2H3. The fourth-order valence-corrected chi connectivity index (χ4v) is 3.83. The Balaban J connectivity index is 1.70. The van der Waals surface area contributed by atoms with Gasteiger partial charge in [-0.1, -0.05) is 24.3 Å². The summed E-state index contributed by atoms with van der Waals surface area (Å²) in [7, 11) is 2.15. The Morgan fingerprint density at radius 1 is 1.14 bits per heavy atom. The van der Waals surface area contributed by atoms with E-state index in [2.05, 4.69) is 37.2 Å². The smallest absolute Gasteiger partial charge is 0.123 e. The van der Waals surface area contributed by atoms with E-state index in [1.807, 2.05) is 22.9 Å². The number of benzene rings is 2. The molecule has 0 atom stereocenters. The largest absolute Gasteiger partial charge is 0.381 e. The van der Waals surface area contributed by atoms with Crippen molar-refractivity contribution in [3.63, 3.8) is 0 Å². The molecular weight excluding hydrogens is 353 g/mol. The van der Waals surface area contributed by atoms with Crippen molar-refractivity contribution in [2.24, 2.45) is 0 Å². The number of aromatic nitrogens is 2. The van der Waals surface area contributed by atoms with Crippen LogP contribution in [0.5, 0.6) is 0 Å². The van der Waals surface area contributed by atoms with E-state index >= 15 is 0 Å². The average Bonchev–Trinajstić information content (AvgIpc) is 3.12. The summed E-state index contributed by atoms with van der Waals surface area (Å²) in [6.07, 6.45) is 4.15. The van der Waals surface area contributed by atoms with Gasteiger partial charge in [-0.3, -0.25) is 4.90 Å². The van der Waals surface area contributed by atoms with E-state index in [-0.39, 0.29) is 5.82 Å². The maximum Gasteiger partial charge on any atom is 0.123 e. The first kappa shape index (κ1) is 18.8. The molecule has 146 valence electrons. The van der Waals surface area contributed by atoms with Crippen molar-refractivity contribution < 1.29 is 9.13 Å². The molecule has 0 N–H and O–H groups in total. The summed E-state index contributed by atoms with van der Waals surface area (Å²) in [5, 5.41) is 4.83. The van der Waals surface area contributed by atoms with Gasteiger partial charge in [0.1, 0.15) is 5.82 Å². The molecule has 0 radical (unpaired) electrons. The molecule has 3 aromatic rings. The van der Waals surface area contributed by atoms with Crippen LogP contribution in [0.3, 0.4) is 0 Å². The third-order valence-electron chi connectivity index (χ3n) is 5.39. The summed E-state index contributed by atoms with van der Waals surface area (Å²) in [6.45, 7) is 4.46. The van der Waals surface area contributed by atoms with Crippen LogP contribution in [0.25, 0.3) is 16.9 Å². The van der Waals surface area contributed by atoms with Gasteiger partial charge < -0.3 is 4.74 Å². The van der Waals surface area contributed by atoms with Gasteiger partial charge in [0.25, 0.3) is 0 Å². The molecule has 1 fully saturated rings. The number of hydrogen-bond donors (Lipinski definition) is 0. The lowest BCUT2D eigenvalue weighted by atomic mass is 10.0. The van der Waals surface area contributed by atoms with Gasteiger partial charge in [-0.15, -0.1) is 0 Å². The van der Waals surface area contributed by atoms with Gasteiger partial charge in [0.2, 0.25) is 0 Å². The van der Waals surface area contributed by atoms with Crippen molar-refractivity contribution in [2.45, 2.75) is 32.4 Å². The second-order valence-electron chi connectivity index (χ2n) is 7.56. The number of aryl methyl sites for hydroxylation is 1. The van der Waals surface area contributed by atoms with E-state index in [1.165, 1.54) is 11.6 Å². The molecule has 0 saturated carbocycles. The third kappa shape index (κ3) is 4.16. The van der Waals surface area contributed by atoms with Gasteiger partial charge in [-0.25, -0.2) is 9.07 Å². The molecule has 1 aromatic heterocycles. The Morgan fingerprint density at radius 2 is 1.93 bits per heavy atom. The van der Waals surface area contributed by atoms with Gasteiger partial charge in [0.05, 0.1) is 11.4 Å². The predicted octanol–water partition coefficient (Wildman–Crippen LogP) is 4.60. The van der Waals surface area contributed by atoms with Crippen LogP contribution in [0.2, 0.25) is 0 Å². The number of hydrogen-bond acceptors (Lipinski definition) is 3. The lowest BCUT2D eigenvalue weighted by Crippen LogP contribution is -2.36. The highest BCUT2D eigenvalue weighted by atomic mass is 19.1. The van der Waals surface area contributed by atoms with Gasteiger partial charge in [0.15, 0.2) is 0 Å². The molecular formula is C23H26FN3O. The molecule has 0 aliphatic carbocycles. The van der Waals surface area contributed by atoms with Crippen LogP contribution in [-0.2, 0) is 11.3 Å². The zero-order chi connectivity index (χ0) is 19.5. The Kier molecular flexibility index (Phi) is 5.55. The van der Waals surface area contributed by atoms with E-state index in [1.54, 1.807) is 12.1 Å². The van der Waals surface area contributed by atoms with Gasteiger partial charge in [0, 0.05) is 43.1 Å². The van der Waals surface area contributed by atoms with Crippen molar-refractivity contribution >= 4 is 0 Å². The Bertz CT molecular complexity index is 947. The lowest BCUT2D eigenvalue weighted by molar-refractivity contribution is 0.0407. The number of nitrogens with zero attached hydrogens (tertiary/aromatic N) is 3. The molecule has 1 aliphatic rings. The van der Waals surface area contributed by atoms with E-state index in [4.69, 9.17) is 9.84 Å². The fourth-order valence-electron chi connectivity index (χ4n) is 3.83. The maximum absolute atomic E-state index is 13.9. The van der Waals surface area contributed by atoms with E-state index < -0.39 is 0 Å². The molecule has 1 saturated heterocycles. The lowest BCUT2D eigenvalue weighted by Gasteiger charge is -2.31. The monoisotopic (exact) mass is 379 g/mol. The molecule has 5 heteroatoms. The SMILES string of the molecule is Cc1cccc(-n2cc(CN(C)C3CCOCC3)c(-c3cccc(F)c3)n2)c1. The second kappa shape index (κ2) is 8.25. The van der Waals surface area contributed by atoms with Gasteiger partial charge in [-0.05, 0) is 56.6 Å². The molecule has 2 heterocycles. The van der Waals surface area contributed by atoms with Crippen molar-refractivity contribution in [3.05, 3.63) is 71.7 Å². The second-order valence-corrected chi connectivity index (χ2v) is 7.56. The van der Waals surface area contributed by atoms with Crippen LogP contribution in [0.1, 0.15) is 24.0 Å². The maximum atomic E-state index is 13.9. The van der Waals surface area contributed by atoms with Gasteiger partial charge >= 0.3 is 0 Å². The minimum atomic E-state index is -0.244. The predicted molar refractivity (Wildman–Crippen MR) is 109 cm³/mol. The van der Waals surface area contributed by atoms with Crippen LogP contribution in [0.4, 0.5) is 4.39 Å². The van der Waals surface area contributed by atoms with Crippen LogP contribution in [0.15, 0.2) is 54.7 Å². The first-order valence-corrected chi connectivity index (χ1v) is 9.79. The van der Waals surface area contributed by atoms with Gasteiger partial charge in [-0.2, -0.15) is 5.10 Å². The highest BCUT2D eigenvalue weighted by Gasteiger charge is 2.21. The van der Waals surface area contributed by atoms with E-state index in [9.17, 15) is 4.39 Å². The number of ether oxygens (including phenoxy) is 1. The average molecular weight is 379 g/mol. The van der Waals surface area contributed by atoms with Crippen molar-refractivity contribution in [2.75, 3.05) is 20.3 Å². The van der Waals surface area contributed by atoms with Crippen LogP contribution in [0, 0.1) is 12.7 Å². The number of rotatable bonds is 5. The van der Waals surface area contributed by atoms with Crippen molar-refractivity contribution in [1.82, 2.24) is 14.7 Å². The summed E-state index contributed by atoms with van der Waals surface area (Å²) >= 11 is 0. The Labute approximate surface area is 165 Å². The third-order valence-corrected chi connectivity index (χ3v) is 5.39. The van der Waals surface area contributed by atoms with Crippen LogP contribution in [-0.4, -0.2) is 41.0 Å². The van der Waals surface area contributed by atoms with E-state index in [0.29, 0.717) is 6.04 Å². The number of halogens is 1. The van der Waals surface area contributed by atoms with Crippen molar-refractivity contribution in [1.29, 1.82) is 0 Å². The zero-order valence-corrected chi connectivity index (χ0v) is 16.4. The first-order chi connectivity index (χ1) is 13.6. The molecule has 0 amide bonds. The highest BCUT2D eigenvalue weighted by Crippen LogP contribution is 2.27. The molecule has 1 aliphatic heterocycles. The molecule has 0 bridgehead atoms. The van der Waals surface area contributed by atoms with Crippen LogP contribution >= 0.6 is 0 Å². The van der Waals surface area contributed by atoms with E-state index in [0.717, 1.165) is 55.1 Å². The molecule has 4 rings (SSSR count). The molecule has 0 unspecified atom stereocenters. The zero-order valence-electron chi connectivity index (χ0n) is 16.4. The molecule has 28 heavy (non-hydrogen) atoms. The highest BCUT2D eigenvalue weighted by molar-refractivity contribution is 5.63. The molecule has 2 aromatic carbocycles. The molecule has 0 spiro atoms. The molecule has 4 nitrogen and oxygen atoms in total. The fraction of sp³-hybridized carbons (Fsp3) is 0.348. The summed E-state index contributed by atoms with van der Waals surface area (Å²) in [5.74, 6) is -0.244. The summed E-state index contributed by atoms with van der Waals surface area (Å²) in [6, 6.07) is 15.4. The Morgan fingerprint density at radius 3 is 2.68 bits per heavy atom. The summed E-state index contributed by atoms with van der Waals surface area (Å²) < 4.78 is 21.3. The minimum absolute atomic E-state index is 0.244. The van der Waals surface area contributed by atoms with Crippen LogP contribution < -0.4 is 0 Å². The summed E-state index contributed by atoms with van der Waals surface area (Å²) in [5.41, 5.74) is 4.93. The normalized spacial score (nSPS) is 15.3. The Hall–Kier alpha value is -2.50. The quantitative estimate of drug-likeness (QED) is 0.649. The van der Waals surface area contributed by atoms with Crippen molar-refractivity contribution in [3.8, 4) is 16.9 Å².